The van der Waals surface area contributed by atoms with Crippen LogP contribution in [0.5, 0.6) is 0 Å². The second-order valence-corrected chi connectivity index (χ2v) is 19.0. The standard InChI is InChI=1S/C11H13ClO.C10H12ClI.C10H14IN.C10H15N/c1-11(2,3)9-4-5-10(12)8(6-9)7-13;1-10(2,3)7-4-5-8(11)9(12)6-7;1-10(2,3)7-4-5-9(12)8(11)6-7;1-10(2,3)8-4-6-9(11)7-5-8/h4-7H,1-3H3;4-6H,1-3H3;4-6H,12H2,1-3H3;4-7H,11H2,1-3H3. The van der Waals surface area contributed by atoms with Crippen LogP contribution in [0.25, 0.3) is 0 Å². The normalized spacial score (nSPS) is 11.6. The molecule has 0 fully saturated rings. The molecule has 4 N–H and O–H groups in total. The Labute approximate surface area is 328 Å². The van der Waals surface area contributed by atoms with Crippen LogP contribution in [0.2, 0.25) is 10.0 Å². The summed E-state index contributed by atoms with van der Waals surface area (Å²) in [5.41, 5.74) is 19.4. The molecule has 0 unspecified atom stereocenters. The zero-order valence-electron chi connectivity index (χ0n) is 30.7. The molecule has 262 valence electrons. The van der Waals surface area contributed by atoms with E-state index < -0.39 is 0 Å². The first-order valence-corrected chi connectivity index (χ1v) is 18.8. The van der Waals surface area contributed by atoms with Crippen LogP contribution >= 0.6 is 68.4 Å². The first-order valence-electron chi connectivity index (χ1n) is 15.9. The van der Waals surface area contributed by atoms with Gasteiger partial charge in [-0.1, -0.05) is 137 Å². The smallest absolute Gasteiger partial charge is 0.151 e. The highest BCUT2D eigenvalue weighted by Crippen LogP contribution is 2.29. The van der Waals surface area contributed by atoms with Crippen LogP contribution in [0.15, 0.2) is 78.9 Å². The summed E-state index contributed by atoms with van der Waals surface area (Å²) in [4.78, 5) is 10.6. The van der Waals surface area contributed by atoms with E-state index in [-0.39, 0.29) is 21.7 Å². The molecule has 4 rings (SSSR count). The van der Waals surface area contributed by atoms with Crippen LogP contribution in [0, 0.1) is 7.14 Å². The molecule has 3 nitrogen and oxygen atoms in total. The van der Waals surface area contributed by atoms with Gasteiger partial charge in [-0.25, -0.2) is 0 Å². The quantitative estimate of drug-likeness (QED) is 0.114. The predicted molar refractivity (Wildman–Crippen MR) is 230 cm³/mol. The molecule has 0 spiro atoms. The third kappa shape index (κ3) is 15.4. The number of halogens is 4. The predicted octanol–water partition coefficient (Wildman–Crippen LogP) is 13.4. The van der Waals surface area contributed by atoms with E-state index in [1.54, 1.807) is 6.07 Å². The van der Waals surface area contributed by atoms with Gasteiger partial charge in [-0.2, -0.15) is 0 Å². The van der Waals surface area contributed by atoms with Crippen molar-refractivity contribution in [3.8, 4) is 0 Å². The summed E-state index contributed by atoms with van der Waals surface area (Å²) >= 11 is 16.3. The van der Waals surface area contributed by atoms with Gasteiger partial charge in [0.05, 0.1) is 10.0 Å². The van der Waals surface area contributed by atoms with Gasteiger partial charge < -0.3 is 11.5 Å². The summed E-state index contributed by atoms with van der Waals surface area (Å²) in [6.07, 6.45) is 0.789. The summed E-state index contributed by atoms with van der Waals surface area (Å²) in [6, 6.07) is 26.0. The van der Waals surface area contributed by atoms with Crippen molar-refractivity contribution in [3.05, 3.63) is 124 Å². The van der Waals surface area contributed by atoms with Crippen LogP contribution in [-0.2, 0) is 21.7 Å². The monoisotopic (exact) mass is 914 g/mol. The number of carbonyl (C=O) groups excluding carboxylic acids is 1. The van der Waals surface area contributed by atoms with Crippen LogP contribution in [0.4, 0.5) is 11.4 Å². The molecular weight excluding hydrogens is 861 g/mol. The zero-order valence-corrected chi connectivity index (χ0v) is 36.5. The average molecular weight is 916 g/mol. The van der Waals surface area contributed by atoms with Crippen LogP contribution < -0.4 is 11.5 Å². The van der Waals surface area contributed by atoms with Gasteiger partial charge in [0, 0.05) is 24.1 Å². The number of benzene rings is 4. The van der Waals surface area contributed by atoms with Gasteiger partial charge in [-0.05, 0) is 138 Å². The molecule has 0 aliphatic carbocycles. The Balaban J connectivity index is 0.000000320. The van der Waals surface area contributed by atoms with E-state index in [2.05, 4.69) is 165 Å². The van der Waals surface area contributed by atoms with E-state index in [1.165, 1.54) is 16.7 Å². The van der Waals surface area contributed by atoms with Crippen molar-refractivity contribution in [2.24, 2.45) is 0 Å². The molecule has 0 bridgehead atoms. The van der Waals surface area contributed by atoms with Crippen molar-refractivity contribution in [1.82, 2.24) is 0 Å². The molecule has 48 heavy (non-hydrogen) atoms. The van der Waals surface area contributed by atoms with Gasteiger partial charge in [0.25, 0.3) is 0 Å². The molecule has 7 heteroatoms. The van der Waals surface area contributed by atoms with Gasteiger partial charge in [-0.3, -0.25) is 4.79 Å². The molecule has 0 aliphatic heterocycles. The third-order valence-electron chi connectivity index (χ3n) is 7.42. The van der Waals surface area contributed by atoms with Crippen molar-refractivity contribution in [2.45, 2.75) is 105 Å². The molecule has 0 heterocycles. The zero-order chi connectivity index (χ0) is 37.3. The van der Waals surface area contributed by atoms with Crippen molar-refractivity contribution in [2.75, 3.05) is 11.5 Å². The lowest BCUT2D eigenvalue weighted by molar-refractivity contribution is 0.112. The maximum atomic E-state index is 10.6. The van der Waals surface area contributed by atoms with Crippen molar-refractivity contribution in [3.63, 3.8) is 0 Å². The Morgan fingerprint density at radius 1 is 0.500 bits per heavy atom. The fourth-order valence-electron chi connectivity index (χ4n) is 4.04. The Morgan fingerprint density at radius 2 is 0.854 bits per heavy atom. The molecule has 0 atom stereocenters. The highest BCUT2D eigenvalue weighted by molar-refractivity contribution is 14.1. The summed E-state index contributed by atoms with van der Waals surface area (Å²) in [5.74, 6) is 0. The van der Waals surface area contributed by atoms with E-state index >= 15 is 0 Å². The fourth-order valence-corrected chi connectivity index (χ4v) is 5.35. The number of carbonyl (C=O) groups is 1. The molecule has 4 aromatic carbocycles. The average Bonchev–Trinajstić information content (AvgIpc) is 2.95. The maximum Gasteiger partial charge on any atom is 0.151 e. The minimum absolute atomic E-state index is 0.0579. The Bertz CT molecular complexity index is 1560. The SMILES string of the molecule is CC(C)(C)c1ccc(Cl)c(C=O)c1.CC(C)(C)c1ccc(Cl)c(I)c1.CC(C)(C)c1ccc(N)c(I)c1.CC(C)(C)c1ccc(N)cc1. The number of hydrogen-bond donors (Lipinski definition) is 2. The molecule has 0 saturated carbocycles. The van der Waals surface area contributed by atoms with E-state index in [0.29, 0.717) is 10.6 Å². The van der Waals surface area contributed by atoms with E-state index in [4.69, 9.17) is 34.7 Å². The fraction of sp³-hybridized carbons (Fsp3) is 0.390. The molecule has 4 aromatic rings. The van der Waals surface area contributed by atoms with E-state index in [0.717, 1.165) is 35.4 Å². The number of anilines is 2. The van der Waals surface area contributed by atoms with Crippen molar-refractivity contribution >= 4 is 86.0 Å². The van der Waals surface area contributed by atoms with E-state index in [9.17, 15) is 4.79 Å². The molecule has 0 amide bonds. The van der Waals surface area contributed by atoms with E-state index in [1.807, 2.05) is 36.4 Å². The van der Waals surface area contributed by atoms with Gasteiger partial charge in [0.15, 0.2) is 6.29 Å². The first-order chi connectivity index (χ1) is 21.8. The van der Waals surface area contributed by atoms with Gasteiger partial charge in [0.2, 0.25) is 0 Å². The number of aldehydes is 1. The van der Waals surface area contributed by atoms with Crippen LogP contribution in [-0.4, -0.2) is 6.29 Å². The maximum absolute atomic E-state index is 10.6. The van der Waals surface area contributed by atoms with Crippen molar-refractivity contribution < 1.29 is 4.79 Å². The minimum atomic E-state index is 0.0579. The van der Waals surface area contributed by atoms with Crippen LogP contribution in [0.1, 0.15) is 116 Å². The summed E-state index contributed by atoms with van der Waals surface area (Å²) < 4.78 is 2.27. The lowest BCUT2D eigenvalue weighted by Crippen LogP contribution is -2.11. The first kappa shape index (κ1) is 44.2. The number of nitrogens with two attached hydrogens (primary N) is 2. The second-order valence-electron chi connectivity index (χ2n) is 15.8. The highest BCUT2D eigenvalue weighted by atomic mass is 127. The van der Waals surface area contributed by atoms with Crippen molar-refractivity contribution in [1.29, 1.82) is 0 Å². The number of nitrogen functional groups attached to an aromatic ring is 2. The highest BCUT2D eigenvalue weighted by Gasteiger charge is 2.16. The molecular formula is C41H54Cl2I2N2O. The molecule has 0 saturated heterocycles. The number of rotatable bonds is 1. The molecule has 0 aliphatic rings. The number of hydrogen-bond acceptors (Lipinski definition) is 3. The third-order valence-corrected chi connectivity index (χ3v) is 10.2. The van der Waals surface area contributed by atoms with Gasteiger partial charge >= 0.3 is 0 Å². The lowest BCUT2D eigenvalue weighted by Gasteiger charge is -2.19. The lowest BCUT2D eigenvalue weighted by atomic mass is 9.86. The Morgan fingerprint density at radius 3 is 1.23 bits per heavy atom. The molecule has 0 aromatic heterocycles. The Kier molecular flexibility index (Phi) is 17.0. The largest absolute Gasteiger partial charge is 0.399 e. The second kappa shape index (κ2) is 18.4. The van der Waals surface area contributed by atoms with Gasteiger partial charge in [-0.15, -0.1) is 0 Å². The topological polar surface area (TPSA) is 69.1 Å². The van der Waals surface area contributed by atoms with Crippen LogP contribution in [0.3, 0.4) is 0 Å². The summed E-state index contributed by atoms with van der Waals surface area (Å²) in [6.45, 7) is 26.1. The molecule has 0 radical (unpaired) electrons. The summed E-state index contributed by atoms with van der Waals surface area (Å²) in [7, 11) is 0. The Hall–Kier alpha value is -1.81. The summed E-state index contributed by atoms with van der Waals surface area (Å²) in [5, 5.41) is 1.35. The minimum Gasteiger partial charge on any atom is -0.399 e. The van der Waals surface area contributed by atoms with Gasteiger partial charge in [0.1, 0.15) is 0 Å².